The van der Waals surface area contributed by atoms with Crippen LogP contribution in [0.15, 0.2) is 18.2 Å². The first kappa shape index (κ1) is 12.6. The van der Waals surface area contributed by atoms with Crippen LogP contribution in [-0.2, 0) is 6.42 Å². The van der Waals surface area contributed by atoms with Crippen molar-refractivity contribution in [2.24, 2.45) is 0 Å². The molecule has 2 nitrogen and oxygen atoms in total. The first-order chi connectivity index (χ1) is 8.01. The Kier molecular flexibility index (Phi) is 3.55. The molecule has 1 unspecified atom stereocenters. The van der Waals surface area contributed by atoms with Crippen LogP contribution in [0.3, 0.4) is 0 Å². The second-order valence-corrected chi connectivity index (χ2v) is 5.46. The minimum Gasteiger partial charge on any atom is -0.390 e. The van der Waals surface area contributed by atoms with E-state index in [1.54, 1.807) is 0 Å². The van der Waals surface area contributed by atoms with Crippen LogP contribution in [0.5, 0.6) is 0 Å². The lowest BCUT2D eigenvalue weighted by atomic mass is 9.88. The van der Waals surface area contributed by atoms with Gasteiger partial charge in [-0.15, -0.1) is 0 Å². The van der Waals surface area contributed by atoms with Crippen LogP contribution in [0.4, 0.5) is 0 Å². The van der Waals surface area contributed by atoms with Crippen LogP contribution >= 0.6 is 0 Å². The molecule has 0 saturated heterocycles. The Morgan fingerprint density at radius 3 is 2.53 bits per heavy atom. The second-order valence-electron chi connectivity index (χ2n) is 5.46. The molecule has 2 heteroatoms. The summed E-state index contributed by atoms with van der Waals surface area (Å²) in [7, 11) is 0. The molecule has 1 aromatic carbocycles. The van der Waals surface area contributed by atoms with Gasteiger partial charge < -0.3 is 10.2 Å². The van der Waals surface area contributed by atoms with E-state index in [4.69, 9.17) is 0 Å². The van der Waals surface area contributed by atoms with Crippen LogP contribution in [-0.4, -0.2) is 21.9 Å². The lowest BCUT2D eigenvalue weighted by Gasteiger charge is -2.29. The number of rotatable bonds is 3. The number of benzene rings is 1. The Morgan fingerprint density at radius 1 is 1.24 bits per heavy atom. The highest BCUT2D eigenvalue weighted by Crippen LogP contribution is 2.34. The molecule has 2 N–H and O–H groups in total. The molecule has 1 fully saturated rings. The summed E-state index contributed by atoms with van der Waals surface area (Å²) in [5, 5.41) is 20.6. The van der Waals surface area contributed by atoms with Gasteiger partial charge in [0, 0.05) is 6.42 Å². The fourth-order valence-corrected chi connectivity index (χ4v) is 2.74. The molecular weight excluding hydrogens is 212 g/mol. The van der Waals surface area contributed by atoms with E-state index in [2.05, 4.69) is 32.0 Å². The smallest absolute Gasteiger partial charge is 0.0908 e. The Hall–Kier alpha value is -0.860. The maximum Gasteiger partial charge on any atom is 0.0908 e. The van der Waals surface area contributed by atoms with Crippen molar-refractivity contribution in [3.63, 3.8) is 0 Å². The van der Waals surface area contributed by atoms with E-state index in [-0.39, 0.29) is 0 Å². The predicted molar refractivity (Wildman–Crippen MR) is 69.0 cm³/mol. The summed E-state index contributed by atoms with van der Waals surface area (Å²) in [4.78, 5) is 0. The molecule has 1 aliphatic rings. The van der Waals surface area contributed by atoms with Crippen molar-refractivity contribution >= 4 is 0 Å². The largest absolute Gasteiger partial charge is 0.390 e. The predicted octanol–water partition coefficient (Wildman–Crippen LogP) is 2.51. The highest BCUT2D eigenvalue weighted by Gasteiger charge is 2.38. The highest BCUT2D eigenvalue weighted by molar-refractivity contribution is 5.31. The molecule has 1 saturated carbocycles. The lowest BCUT2D eigenvalue weighted by molar-refractivity contribution is -0.0689. The molecule has 1 aliphatic carbocycles. The average Bonchev–Trinajstić information content (AvgIpc) is 2.72. The Morgan fingerprint density at radius 2 is 1.88 bits per heavy atom. The van der Waals surface area contributed by atoms with Gasteiger partial charge in [0.1, 0.15) is 0 Å². The summed E-state index contributed by atoms with van der Waals surface area (Å²) in [5.41, 5.74) is 2.70. The van der Waals surface area contributed by atoms with E-state index >= 15 is 0 Å². The molecule has 0 aliphatic heterocycles. The zero-order valence-corrected chi connectivity index (χ0v) is 10.7. The van der Waals surface area contributed by atoms with Gasteiger partial charge in [-0.2, -0.15) is 0 Å². The van der Waals surface area contributed by atoms with E-state index < -0.39 is 11.7 Å². The van der Waals surface area contributed by atoms with Gasteiger partial charge in [0.25, 0.3) is 0 Å². The minimum atomic E-state index is -0.851. The third kappa shape index (κ3) is 2.70. The van der Waals surface area contributed by atoms with Crippen molar-refractivity contribution in [2.75, 3.05) is 0 Å². The normalized spacial score (nSPS) is 20.5. The average molecular weight is 234 g/mol. The van der Waals surface area contributed by atoms with E-state index in [0.29, 0.717) is 6.42 Å². The van der Waals surface area contributed by atoms with E-state index in [1.807, 2.05) is 0 Å². The Balaban J connectivity index is 2.12. The fraction of sp³-hybridized carbons (Fsp3) is 0.600. The third-order valence-corrected chi connectivity index (χ3v) is 4.01. The molecule has 0 bridgehead atoms. The zero-order chi connectivity index (χ0) is 12.5. The molecule has 94 valence electrons. The second kappa shape index (κ2) is 4.79. The topological polar surface area (TPSA) is 40.5 Å². The standard InChI is InChI=1S/C15H22O2/c1-11-5-6-12(2)13(9-11)10-14(16)15(17)7-3-4-8-15/h5-6,9,14,16-17H,3-4,7-8,10H2,1-2H3. The van der Waals surface area contributed by atoms with Crippen LogP contribution in [0.2, 0.25) is 0 Å². The van der Waals surface area contributed by atoms with Crippen LogP contribution < -0.4 is 0 Å². The SMILES string of the molecule is Cc1ccc(C)c(CC(O)C2(O)CCCC2)c1. The fourth-order valence-electron chi connectivity index (χ4n) is 2.74. The van der Waals surface area contributed by atoms with Crippen LogP contribution in [0.25, 0.3) is 0 Å². The van der Waals surface area contributed by atoms with Crippen LogP contribution in [0.1, 0.15) is 42.4 Å². The summed E-state index contributed by atoms with van der Waals surface area (Å²) < 4.78 is 0. The van der Waals surface area contributed by atoms with E-state index in [0.717, 1.165) is 31.2 Å². The summed E-state index contributed by atoms with van der Waals surface area (Å²) in [6, 6.07) is 6.27. The quantitative estimate of drug-likeness (QED) is 0.843. The van der Waals surface area contributed by atoms with Gasteiger partial charge in [-0.3, -0.25) is 0 Å². The monoisotopic (exact) mass is 234 g/mol. The summed E-state index contributed by atoms with van der Waals surface area (Å²) in [5.74, 6) is 0. The first-order valence-electron chi connectivity index (χ1n) is 6.48. The molecule has 0 radical (unpaired) electrons. The maximum absolute atomic E-state index is 10.3. The number of aryl methyl sites for hydroxylation is 2. The van der Waals surface area contributed by atoms with Crippen molar-refractivity contribution < 1.29 is 10.2 Å². The minimum absolute atomic E-state index is 0.560. The number of aliphatic hydroxyl groups is 2. The summed E-state index contributed by atoms with van der Waals surface area (Å²) >= 11 is 0. The summed E-state index contributed by atoms with van der Waals surface area (Å²) in [6.45, 7) is 4.11. The van der Waals surface area contributed by atoms with Gasteiger partial charge in [0.15, 0.2) is 0 Å². The van der Waals surface area contributed by atoms with Crippen molar-refractivity contribution in [3.8, 4) is 0 Å². The molecule has 0 heterocycles. The first-order valence-corrected chi connectivity index (χ1v) is 6.48. The van der Waals surface area contributed by atoms with E-state index in [1.165, 1.54) is 11.1 Å². The summed E-state index contributed by atoms with van der Waals surface area (Å²) in [6.07, 6.45) is 3.45. The molecular formula is C15H22O2. The van der Waals surface area contributed by atoms with E-state index in [9.17, 15) is 10.2 Å². The van der Waals surface area contributed by atoms with Gasteiger partial charge in [-0.25, -0.2) is 0 Å². The number of aliphatic hydroxyl groups excluding tert-OH is 1. The number of hydrogen-bond donors (Lipinski definition) is 2. The Labute approximate surface area is 103 Å². The highest BCUT2D eigenvalue weighted by atomic mass is 16.3. The maximum atomic E-state index is 10.3. The van der Waals surface area contributed by atoms with Crippen molar-refractivity contribution in [1.82, 2.24) is 0 Å². The Bertz CT molecular complexity index is 392. The molecule has 17 heavy (non-hydrogen) atoms. The number of hydrogen-bond acceptors (Lipinski definition) is 2. The molecule has 0 aromatic heterocycles. The van der Waals surface area contributed by atoms with Gasteiger partial charge in [0.2, 0.25) is 0 Å². The lowest BCUT2D eigenvalue weighted by Crippen LogP contribution is -2.41. The van der Waals surface area contributed by atoms with Gasteiger partial charge in [-0.05, 0) is 37.8 Å². The van der Waals surface area contributed by atoms with Crippen molar-refractivity contribution in [2.45, 2.75) is 57.7 Å². The molecule has 0 amide bonds. The van der Waals surface area contributed by atoms with Gasteiger partial charge >= 0.3 is 0 Å². The van der Waals surface area contributed by atoms with Crippen molar-refractivity contribution in [1.29, 1.82) is 0 Å². The zero-order valence-electron chi connectivity index (χ0n) is 10.7. The van der Waals surface area contributed by atoms with Crippen LogP contribution in [0, 0.1) is 13.8 Å². The van der Waals surface area contributed by atoms with Gasteiger partial charge in [0.05, 0.1) is 11.7 Å². The third-order valence-electron chi connectivity index (χ3n) is 4.01. The molecule has 2 rings (SSSR count). The van der Waals surface area contributed by atoms with Crippen molar-refractivity contribution in [3.05, 3.63) is 34.9 Å². The molecule has 1 aromatic rings. The molecule has 1 atom stereocenters. The van der Waals surface area contributed by atoms with Gasteiger partial charge in [-0.1, -0.05) is 36.6 Å². The molecule has 0 spiro atoms.